The summed E-state index contributed by atoms with van der Waals surface area (Å²) in [5.74, 6) is -0.354. The molecule has 1 atom stereocenters. The molecule has 0 aromatic heterocycles. The fourth-order valence-electron chi connectivity index (χ4n) is 2.20. The molecule has 2 aromatic rings. The molecule has 7 heteroatoms. The van der Waals surface area contributed by atoms with Crippen LogP contribution < -0.4 is 10.1 Å². The van der Waals surface area contributed by atoms with Crippen molar-refractivity contribution in [1.82, 2.24) is 5.32 Å². The Labute approximate surface area is 132 Å². The van der Waals surface area contributed by atoms with Crippen LogP contribution in [0.25, 0.3) is 0 Å². The number of nitro benzene ring substituents is 1. The first-order valence-corrected chi connectivity index (χ1v) is 6.85. The number of carbonyl (C=O) groups is 1. The Morgan fingerprint density at radius 3 is 2.61 bits per heavy atom. The van der Waals surface area contributed by atoms with Gasteiger partial charge < -0.3 is 15.2 Å². The number of carbonyl (C=O) groups excluding carboxylic acids is 1. The highest BCUT2D eigenvalue weighted by atomic mass is 16.6. The molecule has 2 aromatic carbocycles. The Hall–Kier alpha value is -3.09. The van der Waals surface area contributed by atoms with Crippen LogP contribution >= 0.6 is 0 Å². The molecule has 0 fully saturated rings. The summed E-state index contributed by atoms with van der Waals surface area (Å²) in [6.45, 7) is 1.79. The highest BCUT2D eigenvalue weighted by molar-refractivity contribution is 5.95. The van der Waals surface area contributed by atoms with Gasteiger partial charge in [0, 0.05) is 17.2 Å². The molecule has 0 aliphatic heterocycles. The number of phenols is 1. The van der Waals surface area contributed by atoms with Crippen molar-refractivity contribution in [2.75, 3.05) is 7.11 Å². The Bertz CT molecular complexity index is 745. The lowest BCUT2D eigenvalue weighted by atomic mass is 10.1. The number of ether oxygens (including phenoxy) is 1. The molecule has 0 aliphatic carbocycles. The standard InChI is InChI=1S/C16H16N2O5/c1-10(12-5-3-4-6-15(12)23-2)17-16(20)11-7-8-13(18(21)22)14(19)9-11/h3-10,19H,1-2H3,(H,17,20)/t10-/m1/s1. The van der Waals surface area contributed by atoms with E-state index in [-0.39, 0.29) is 11.6 Å². The van der Waals surface area contributed by atoms with Crippen molar-refractivity contribution >= 4 is 11.6 Å². The summed E-state index contributed by atoms with van der Waals surface area (Å²) in [5.41, 5.74) is 0.489. The summed E-state index contributed by atoms with van der Waals surface area (Å²) in [4.78, 5) is 22.2. The SMILES string of the molecule is COc1ccccc1[C@@H](C)NC(=O)c1ccc([N+](=O)[O-])c(O)c1. The van der Waals surface area contributed by atoms with Crippen LogP contribution in [0.1, 0.15) is 28.9 Å². The van der Waals surface area contributed by atoms with E-state index in [1.54, 1.807) is 20.1 Å². The average Bonchev–Trinajstić information content (AvgIpc) is 2.54. The van der Waals surface area contributed by atoms with Gasteiger partial charge in [0.15, 0.2) is 5.75 Å². The molecule has 23 heavy (non-hydrogen) atoms. The van der Waals surface area contributed by atoms with Crippen LogP contribution in [-0.4, -0.2) is 23.0 Å². The van der Waals surface area contributed by atoms with Gasteiger partial charge in [-0.3, -0.25) is 14.9 Å². The third-order valence-electron chi connectivity index (χ3n) is 3.39. The molecule has 0 saturated carbocycles. The van der Waals surface area contributed by atoms with Crippen LogP contribution in [-0.2, 0) is 0 Å². The summed E-state index contributed by atoms with van der Waals surface area (Å²) >= 11 is 0. The van der Waals surface area contributed by atoms with Gasteiger partial charge in [0.05, 0.1) is 18.1 Å². The first-order valence-electron chi connectivity index (χ1n) is 6.85. The zero-order chi connectivity index (χ0) is 17.0. The van der Waals surface area contributed by atoms with Gasteiger partial charge in [0.25, 0.3) is 5.91 Å². The first-order chi connectivity index (χ1) is 10.9. The normalized spacial score (nSPS) is 11.6. The Balaban J connectivity index is 2.18. The fraction of sp³-hybridized carbons (Fsp3) is 0.188. The van der Waals surface area contributed by atoms with E-state index in [1.165, 1.54) is 6.07 Å². The number of nitro groups is 1. The molecule has 0 spiro atoms. The van der Waals surface area contributed by atoms with Crippen LogP contribution in [0, 0.1) is 10.1 Å². The molecule has 0 heterocycles. The van der Waals surface area contributed by atoms with Crippen LogP contribution in [0.15, 0.2) is 42.5 Å². The summed E-state index contributed by atoms with van der Waals surface area (Å²) < 4.78 is 5.25. The molecular formula is C16H16N2O5. The number of rotatable bonds is 5. The van der Waals surface area contributed by atoms with Gasteiger partial charge in [-0.25, -0.2) is 0 Å². The number of methoxy groups -OCH3 is 1. The van der Waals surface area contributed by atoms with E-state index in [1.807, 2.05) is 18.2 Å². The van der Waals surface area contributed by atoms with E-state index in [4.69, 9.17) is 4.74 Å². The smallest absolute Gasteiger partial charge is 0.310 e. The van der Waals surface area contributed by atoms with Crippen molar-refractivity contribution < 1.29 is 19.6 Å². The number of hydrogen-bond acceptors (Lipinski definition) is 5. The quantitative estimate of drug-likeness (QED) is 0.652. The van der Waals surface area contributed by atoms with Crippen LogP contribution in [0.4, 0.5) is 5.69 Å². The number of hydrogen-bond donors (Lipinski definition) is 2. The zero-order valence-electron chi connectivity index (χ0n) is 12.6. The molecule has 1 amide bonds. The lowest BCUT2D eigenvalue weighted by molar-refractivity contribution is -0.385. The monoisotopic (exact) mass is 316 g/mol. The van der Waals surface area contributed by atoms with Gasteiger partial charge in [-0.2, -0.15) is 0 Å². The summed E-state index contributed by atoms with van der Waals surface area (Å²) in [6, 6.07) is 10.4. The minimum absolute atomic E-state index is 0.134. The Morgan fingerprint density at radius 1 is 1.30 bits per heavy atom. The van der Waals surface area contributed by atoms with Crippen molar-refractivity contribution in [2.45, 2.75) is 13.0 Å². The van der Waals surface area contributed by atoms with E-state index >= 15 is 0 Å². The second-order valence-electron chi connectivity index (χ2n) is 4.90. The largest absolute Gasteiger partial charge is 0.502 e. The zero-order valence-corrected chi connectivity index (χ0v) is 12.6. The van der Waals surface area contributed by atoms with Gasteiger partial charge in [0.2, 0.25) is 0 Å². The van der Waals surface area contributed by atoms with Gasteiger partial charge in [-0.1, -0.05) is 18.2 Å². The van der Waals surface area contributed by atoms with Crippen molar-refractivity contribution in [3.63, 3.8) is 0 Å². The summed E-state index contributed by atoms with van der Waals surface area (Å²) in [6.07, 6.45) is 0. The van der Waals surface area contributed by atoms with E-state index in [9.17, 15) is 20.0 Å². The van der Waals surface area contributed by atoms with Crippen molar-refractivity contribution in [3.8, 4) is 11.5 Å². The van der Waals surface area contributed by atoms with Gasteiger partial charge >= 0.3 is 5.69 Å². The summed E-state index contributed by atoms with van der Waals surface area (Å²) in [5, 5.41) is 23.0. The maximum Gasteiger partial charge on any atom is 0.310 e. The molecular weight excluding hydrogens is 300 g/mol. The van der Waals surface area contributed by atoms with Crippen molar-refractivity contribution in [3.05, 3.63) is 63.7 Å². The maximum atomic E-state index is 12.2. The van der Waals surface area contributed by atoms with Crippen molar-refractivity contribution in [2.24, 2.45) is 0 Å². The number of amides is 1. The predicted molar refractivity (Wildman–Crippen MR) is 83.6 cm³/mol. The molecule has 0 aliphatic rings. The Kier molecular flexibility index (Phi) is 4.80. The number of phenolic OH excluding ortho intramolecular Hbond substituents is 1. The third kappa shape index (κ3) is 3.57. The minimum atomic E-state index is -0.714. The predicted octanol–water partition coefficient (Wildman–Crippen LogP) is 2.80. The van der Waals surface area contributed by atoms with E-state index < -0.39 is 22.3 Å². The number of para-hydroxylation sites is 1. The second kappa shape index (κ2) is 6.78. The first kappa shape index (κ1) is 16.3. The van der Waals surface area contributed by atoms with Crippen molar-refractivity contribution in [1.29, 1.82) is 0 Å². The molecule has 2 rings (SSSR count). The third-order valence-corrected chi connectivity index (χ3v) is 3.39. The topological polar surface area (TPSA) is 102 Å². The number of aromatic hydroxyl groups is 1. The molecule has 0 bridgehead atoms. The van der Waals surface area contributed by atoms with Crippen LogP contribution in [0.2, 0.25) is 0 Å². The van der Waals surface area contributed by atoms with Gasteiger partial charge in [-0.05, 0) is 25.1 Å². The van der Waals surface area contributed by atoms with Gasteiger partial charge in [-0.15, -0.1) is 0 Å². The molecule has 0 radical (unpaired) electrons. The lowest BCUT2D eigenvalue weighted by Gasteiger charge is -2.17. The number of nitrogens with zero attached hydrogens (tertiary/aromatic N) is 1. The maximum absolute atomic E-state index is 12.2. The van der Waals surface area contributed by atoms with E-state index in [0.29, 0.717) is 5.75 Å². The van der Waals surface area contributed by atoms with E-state index in [2.05, 4.69) is 5.32 Å². The highest BCUT2D eigenvalue weighted by Crippen LogP contribution is 2.27. The number of nitrogens with one attached hydrogen (secondary N) is 1. The molecule has 7 nitrogen and oxygen atoms in total. The second-order valence-corrected chi connectivity index (χ2v) is 4.90. The summed E-state index contributed by atoms with van der Waals surface area (Å²) in [7, 11) is 1.54. The Morgan fingerprint density at radius 2 is 2.00 bits per heavy atom. The number of benzene rings is 2. The van der Waals surface area contributed by atoms with Gasteiger partial charge in [0.1, 0.15) is 5.75 Å². The van der Waals surface area contributed by atoms with E-state index in [0.717, 1.165) is 17.7 Å². The highest BCUT2D eigenvalue weighted by Gasteiger charge is 2.18. The molecule has 0 saturated heterocycles. The lowest BCUT2D eigenvalue weighted by Crippen LogP contribution is -2.26. The van der Waals surface area contributed by atoms with Crippen LogP contribution in [0.3, 0.4) is 0 Å². The minimum Gasteiger partial charge on any atom is -0.502 e. The molecule has 0 unspecified atom stereocenters. The van der Waals surface area contributed by atoms with Crippen LogP contribution in [0.5, 0.6) is 11.5 Å². The fourth-order valence-corrected chi connectivity index (χ4v) is 2.20. The molecule has 120 valence electrons. The molecule has 2 N–H and O–H groups in total. The average molecular weight is 316 g/mol.